The third kappa shape index (κ3) is 6.09. The second-order valence-corrected chi connectivity index (χ2v) is 9.09. The first kappa shape index (κ1) is 23.7. The van der Waals surface area contributed by atoms with Crippen LogP contribution in [0.25, 0.3) is 11.3 Å². The van der Waals surface area contributed by atoms with E-state index in [4.69, 9.17) is 9.47 Å². The van der Waals surface area contributed by atoms with Crippen LogP contribution in [0.15, 0.2) is 81.7 Å². The lowest BCUT2D eigenvalue weighted by Gasteiger charge is -2.11. The van der Waals surface area contributed by atoms with Crippen molar-refractivity contribution in [3.05, 3.63) is 93.3 Å². The highest BCUT2D eigenvalue weighted by molar-refractivity contribution is 9.10. The molecule has 4 aromatic rings. The van der Waals surface area contributed by atoms with Crippen molar-refractivity contribution in [1.82, 2.24) is 4.98 Å². The van der Waals surface area contributed by atoms with E-state index >= 15 is 0 Å². The summed E-state index contributed by atoms with van der Waals surface area (Å²) < 4.78 is 12.3. The van der Waals surface area contributed by atoms with Crippen molar-refractivity contribution in [3.8, 4) is 22.8 Å². The summed E-state index contributed by atoms with van der Waals surface area (Å²) in [5, 5.41) is 6.95. The monoisotopic (exact) mass is 535 g/mol. The Bertz CT molecular complexity index is 1320. The number of anilines is 1. The highest BCUT2D eigenvalue weighted by Crippen LogP contribution is 2.29. The number of esters is 1. The molecule has 34 heavy (non-hydrogen) atoms. The number of aryl methyl sites for hydroxylation is 1. The van der Waals surface area contributed by atoms with Crippen LogP contribution in [-0.4, -0.2) is 23.8 Å². The van der Waals surface area contributed by atoms with E-state index in [9.17, 15) is 4.79 Å². The van der Waals surface area contributed by atoms with Crippen molar-refractivity contribution in [2.75, 3.05) is 12.0 Å². The number of thiazole rings is 1. The molecule has 0 saturated carbocycles. The number of hydrogen-bond donors (Lipinski definition) is 1. The van der Waals surface area contributed by atoms with Gasteiger partial charge in [-0.25, -0.2) is 9.78 Å². The minimum absolute atomic E-state index is 0.359. The van der Waals surface area contributed by atoms with Gasteiger partial charge >= 0.3 is 5.97 Å². The molecule has 0 aliphatic heterocycles. The number of benzene rings is 3. The minimum atomic E-state index is -0.432. The van der Waals surface area contributed by atoms with Crippen LogP contribution < -0.4 is 14.9 Å². The molecular formula is C26H22BrN3O3S. The van der Waals surface area contributed by atoms with Crippen LogP contribution in [0.3, 0.4) is 0 Å². The molecule has 1 N–H and O–H groups in total. The lowest BCUT2D eigenvalue weighted by Crippen LogP contribution is -2.10. The summed E-state index contributed by atoms with van der Waals surface area (Å²) in [5.41, 5.74) is 7.15. The summed E-state index contributed by atoms with van der Waals surface area (Å²) in [7, 11) is 0. The van der Waals surface area contributed by atoms with E-state index in [1.807, 2.05) is 61.7 Å². The zero-order valence-electron chi connectivity index (χ0n) is 18.6. The zero-order chi connectivity index (χ0) is 23.9. The maximum atomic E-state index is 12.5. The molecule has 0 amide bonds. The second-order valence-electron chi connectivity index (χ2n) is 7.31. The predicted octanol–water partition coefficient (Wildman–Crippen LogP) is 6.94. The normalized spacial score (nSPS) is 10.9. The van der Waals surface area contributed by atoms with Gasteiger partial charge in [0.25, 0.3) is 0 Å². The van der Waals surface area contributed by atoms with Crippen LogP contribution in [0.1, 0.15) is 28.4 Å². The molecule has 0 radical (unpaired) electrons. The molecule has 0 unspecified atom stereocenters. The number of nitrogens with one attached hydrogen (secondary N) is 1. The van der Waals surface area contributed by atoms with Gasteiger partial charge in [-0.05, 0) is 61.9 Å². The highest BCUT2D eigenvalue weighted by Gasteiger charge is 2.13. The van der Waals surface area contributed by atoms with Gasteiger partial charge in [0.15, 0.2) is 11.5 Å². The second kappa shape index (κ2) is 11.1. The van der Waals surface area contributed by atoms with Crippen LogP contribution in [-0.2, 0) is 0 Å². The Labute approximate surface area is 210 Å². The van der Waals surface area contributed by atoms with Crippen molar-refractivity contribution in [3.63, 3.8) is 0 Å². The molecule has 3 aromatic carbocycles. The van der Waals surface area contributed by atoms with Crippen LogP contribution in [0.5, 0.6) is 11.5 Å². The van der Waals surface area contributed by atoms with E-state index in [0.29, 0.717) is 28.8 Å². The maximum absolute atomic E-state index is 12.5. The largest absolute Gasteiger partial charge is 0.490 e. The highest BCUT2D eigenvalue weighted by atomic mass is 79.9. The SMILES string of the molecule is CCOc1cc(/C=N/Nc2nc(-c3ccc(Br)cc3)cs2)ccc1OC(=O)c1cccc(C)c1. The Kier molecular flexibility index (Phi) is 7.72. The third-order valence-corrected chi connectivity index (χ3v) is 6.02. The van der Waals surface area contributed by atoms with Gasteiger partial charge in [0, 0.05) is 15.4 Å². The van der Waals surface area contributed by atoms with Crippen LogP contribution in [0.4, 0.5) is 5.13 Å². The van der Waals surface area contributed by atoms with Crippen LogP contribution >= 0.6 is 27.3 Å². The van der Waals surface area contributed by atoms with Gasteiger partial charge in [-0.3, -0.25) is 5.43 Å². The number of hydrazone groups is 1. The molecule has 0 spiro atoms. The van der Waals surface area contributed by atoms with Gasteiger partial charge in [0.2, 0.25) is 5.13 Å². The van der Waals surface area contributed by atoms with Gasteiger partial charge in [-0.15, -0.1) is 11.3 Å². The van der Waals surface area contributed by atoms with Crippen LogP contribution in [0.2, 0.25) is 0 Å². The topological polar surface area (TPSA) is 72.8 Å². The Morgan fingerprint density at radius 2 is 1.94 bits per heavy atom. The van der Waals surface area contributed by atoms with E-state index in [1.165, 1.54) is 11.3 Å². The van der Waals surface area contributed by atoms with Gasteiger partial charge in [0.05, 0.1) is 24.1 Å². The molecule has 0 aliphatic carbocycles. The van der Waals surface area contributed by atoms with Crippen LogP contribution in [0, 0.1) is 6.92 Å². The van der Waals surface area contributed by atoms with Gasteiger partial charge in [0.1, 0.15) is 0 Å². The van der Waals surface area contributed by atoms with Crippen molar-refractivity contribution in [1.29, 1.82) is 0 Å². The molecule has 6 nitrogen and oxygen atoms in total. The van der Waals surface area contributed by atoms with E-state index in [2.05, 4.69) is 31.4 Å². The van der Waals surface area contributed by atoms with Crippen molar-refractivity contribution >= 4 is 44.6 Å². The smallest absolute Gasteiger partial charge is 0.343 e. The lowest BCUT2D eigenvalue weighted by atomic mass is 10.1. The number of aromatic nitrogens is 1. The van der Waals surface area contributed by atoms with Crippen molar-refractivity contribution in [2.45, 2.75) is 13.8 Å². The molecule has 0 atom stereocenters. The molecule has 0 bridgehead atoms. The first-order chi connectivity index (χ1) is 16.5. The Hall–Kier alpha value is -3.49. The molecule has 0 aliphatic rings. The fourth-order valence-corrected chi connectivity index (χ4v) is 4.06. The average molecular weight is 536 g/mol. The van der Waals surface area contributed by atoms with Crippen molar-refractivity contribution in [2.24, 2.45) is 5.10 Å². The predicted molar refractivity (Wildman–Crippen MR) is 140 cm³/mol. The van der Waals surface area contributed by atoms with E-state index in [0.717, 1.165) is 26.9 Å². The van der Waals surface area contributed by atoms with Crippen molar-refractivity contribution < 1.29 is 14.3 Å². The summed E-state index contributed by atoms with van der Waals surface area (Å²) >= 11 is 4.91. The summed E-state index contributed by atoms with van der Waals surface area (Å²) in [4.78, 5) is 17.1. The first-order valence-electron chi connectivity index (χ1n) is 10.6. The fourth-order valence-electron chi connectivity index (χ4n) is 3.13. The Morgan fingerprint density at radius 3 is 2.71 bits per heavy atom. The Morgan fingerprint density at radius 1 is 1.12 bits per heavy atom. The number of rotatable bonds is 8. The molecular weight excluding hydrogens is 514 g/mol. The van der Waals surface area contributed by atoms with Gasteiger partial charge < -0.3 is 9.47 Å². The fraction of sp³-hybridized carbons (Fsp3) is 0.115. The van der Waals surface area contributed by atoms with E-state index in [1.54, 1.807) is 30.5 Å². The molecule has 4 rings (SSSR count). The molecule has 8 heteroatoms. The average Bonchev–Trinajstić information content (AvgIpc) is 3.30. The number of halogens is 1. The van der Waals surface area contributed by atoms with Gasteiger partial charge in [-0.1, -0.05) is 45.8 Å². The summed E-state index contributed by atoms with van der Waals surface area (Å²) in [6.07, 6.45) is 1.66. The summed E-state index contributed by atoms with van der Waals surface area (Å²) in [5.74, 6) is 0.398. The van der Waals surface area contributed by atoms with E-state index in [-0.39, 0.29) is 0 Å². The summed E-state index contributed by atoms with van der Waals surface area (Å²) in [6, 6.07) is 20.5. The number of carbonyl (C=O) groups is 1. The van der Waals surface area contributed by atoms with E-state index < -0.39 is 5.97 Å². The quantitative estimate of drug-likeness (QED) is 0.114. The molecule has 172 valence electrons. The number of nitrogens with zero attached hydrogens (tertiary/aromatic N) is 2. The van der Waals surface area contributed by atoms with Gasteiger partial charge in [-0.2, -0.15) is 5.10 Å². The molecule has 0 fully saturated rings. The number of carbonyl (C=O) groups excluding carboxylic acids is 1. The number of hydrogen-bond acceptors (Lipinski definition) is 7. The molecule has 1 aromatic heterocycles. The zero-order valence-corrected chi connectivity index (χ0v) is 21.0. The summed E-state index contributed by atoms with van der Waals surface area (Å²) in [6.45, 7) is 4.24. The molecule has 1 heterocycles. The standard InChI is InChI=1S/C26H22BrN3O3S/c1-3-32-24-14-18(7-12-23(24)33-25(31)20-6-4-5-17(2)13-20)15-28-30-26-29-22(16-34-26)19-8-10-21(27)11-9-19/h4-16H,3H2,1-2H3,(H,29,30)/b28-15+. The Balaban J connectivity index is 1.43. The lowest BCUT2D eigenvalue weighted by molar-refractivity contribution is 0.0728. The third-order valence-electron chi connectivity index (χ3n) is 4.74. The molecule has 0 saturated heterocycles. The maximum Gasteiger partial charge on any atom is 0.343 e. The first-order valence-corrected chi connectivity index (χ1v) is 12.3. The number of ether oxygens (including phenoxy) is 2. The minimum Gasteiger partial charge on any atom is -0.490 e.